The third kappa shape index (κ3) is 4.13. The molecule has 9 heteroatoms. The Kier molecular flexibility index (Phi) is 4.21. The minimum absolute atomic E-state index is 0.164. The van der Waals surface area contributed by atoms with E-state index in [2.05, 4.69) is 9.68 Å². The van der Waals surface area contributed by atoms with Gasteiger partial charge in [0.05, 0.1) is 6.61 Å². The first-order valence-corrected chi connectivity index (χ1v) is 6.25. The van der Waals surface area contributed by atoms with E-state index in [9.17, 15) is 13.2 Å². The van der Waals surface area contributed by atoms with Gasteiger partial charge in [0.1, 0.15) is 23.2 Å². The van der Waals surface area contributed by atoms with Crippen molar-refractivity contribution in [3.8, 4) is 0 Å². The smallest absolute Gasteiger partial charge is 0.324 e. The van der Waals surface area contributed by atoms with E-state index in [4.69, 9.17) is 10.2 Å². The van der Waals surface area contributed by atoms with Crippen LogP contribution in [0.15, 0.2) is 10.6 Å². The normalized spacial score (nSPS) is 13.5. The molecule has 1 atom stereocenters. The topological polar surface area (TPSA) is 130 Å². The van der Waals surface area contributed by atoms with Gasteiger partial charge in [-0.3, -0.25) is 4.79 Å². The van der Waals surface area contributed by atoms with Gasteiger partial charge in [-0.15, -0.1) is 0 Å². The van der Waals surface area contributed by atoms with E-state index >= 15 is 0 Å². The predicted octanol–water partition coefficient (Wildman–Crippen LogP) is -1.15. The Labute approximate surface area is 97.3 Å². The molecule has 0 radical (unpaired) electrons. The molecule has 1 unspecified atom stereocenters. The number of aryl methyl sites for hydroxylation is 1. The highest BCUT2D eigenvalue weighted by Crippen LogP contribution is 2.06. The van der Waals surface area contributed by atoms with Crippen LogP contribution in [0.25, 0.3) is 0 Å². The third-order valence-corrected chi connectivity index (χ3v) is 3.14. The quantitative estimate of drug-likeness (QED) is 0.591. The fourth-order valence-corrected chi connectivity index (χ4v) is 2.32. The molecule has 0 aliphatic heterocycles. The van der Waals surface area contributed by atoms with Crippen LogP contribution in [0.4, 0.5) is 0 Å². The summed E-state index contributed by atoms with van der Waals surface area (Å²) in [4.78, 5) is 10.5. The molecule has 0 bridgehead atoms. The number of aliphatic hydroxyl groups excluding tert-OH is 1. The summed E-state index contributed by atoms with van der Waals surface area (Å²) in [6, 6.07) is -0.137. The summed E-state index contributed by atoms with van der Waals surface area (Å²) in [5.74, 6) is -1.51. The van der Waals surface area contributed by atoms with Crippen molar-refractivity contribution < 1.29 is 27.9 Å². The molecule has 0 aliphatic rings. The highest BCUT2D eigenvalue weighted by Gasteiger charge is 2.24. The summed E-state index contributed by atoms with van der Waals surface area (Å²) in [5, 5.41) is 20.7. The Morgan fingerprint density at radius 2 is 2.29 bits per heavy atom. The maximum atomic E-state index is 11.5. The van der Waals surface area contributed by atoms with Crippen molar-refractivity contribution in [1.29, 1.82) is 0 Å². The average molecular weight is 264 g/mol. The Balaban J connectivity index is 2.72. The molecule has 0 saturated carbocycles. The van der Waals surface area contributed by atoms with Crippen molar-refractivity contribution in [2.75, 3.05) is 6.61 Å². The maximum absolute atomic E-state index is 11.5. The first kappa shape index (κ1) is 13.6. The minimum atomic E-state index is -3.89. The van der Waals surface area contributed by atoms with Crippen LogP contribution < -0.4 is 4.72 Å². The van der Waals surface area contributed by atoms with Crippen LogP contribution in [-0.4, -0.2) is 42.4 Å². The molecule has 96 valence electrons. The van der Waals surface area contributed by atoms with Crippen LogP contribution in [0, 0.1) is 6.92 Å². The van der Waals surface area contributed by atoms with Crippen LogP contribution >= 0.6 is 0 Å². The fourth-order valence-electron chi connectivity index (χ4n) is 1.10. The second-order valence-electron chi connectivity index (χ2n) is 3.38. The number of rotatable bonds is 6. The first-order valence-electron chi connectivity index (χ1n) is 4.60. The molecule has 0 saturated heterocycles. The molecule has 0 aromatic carbocycles. The third-order valence-electron chi connectivity index (χ3n) is 1.82. The number of hydrogen-bond donors (Lipinski definition) is 3. The van der Waals surface area contributed by atoms with Crippen molar-refractivity contribution in [2.24, 2.45) is 0 Å². The van der Waals surface area contributed by atoms with Crippen molar-refractivity contribution >= 4 is 16.0 Å². The van der Waals surface area contributed by atoms with Gasteiger partial charge in [0.15, 0.2) is 0 Å². The van der Waals surface area contributed by atoms with Crippen molar-refractivity contribution in [2.45, 2.75) is 18.7 Å². The lowest BCUT2D eigenvalue weighted by Crippen LogP contribution is -2.43. The number of hydrogen-bond acceptors (Lipinski definition) is 6. The van der Waals surface area contributed by atoms with Crippen LogP contribution in [-0.2, 0) is 20.6 Å². The van der Waals surface area contributed by atoms with Gasteiger partial charge in [0.2, 0.25) is 10.0 Å². The van der Waals surface area contributed by atoms with Crippen LogP contribution in [0.2, 0.25) is 0 Å². The Morgan fingerprint density at radius 1 is 1.65 bits per heavy atom. The standard InChI is InChI=1S/C8H12N2O6S/c1-5-2-6(9-16-5)4-17(14,15)10-7(3-11)8(12)13/h2,7,10-11H,3-4H2,1H3,(H,12,13). The van der Waals surface area contributed by atoms with E-state index in [1.807, 2.05) is 4.72 Å². The number of sulfonamides is 1. The molecule has 3 N–H and O–H groups in total. The van der Waals surface area contributed by atoms with Crippen LogP contribution in [0.5, 0.6) is 0 Å². The summed E-state index contributed by atoms with van der Waals surface area (Å²) in [6.45, 7) is 0.775. The predicted molar refractivity (Wildman–Crippen MR) is 55.5 cm³/mol. The van der Waals surface area contributed by atoms with Gasteiger partial charge in [-0.1, -0.05) is 5.16 Å². The second-order valence-corrected chi connectivity index (χ2v) is 5.13. The van der Waals surface area contributed by atoms with Gasteiger partial charge >= 0.3 is 5.97 Å². The summed E-state index contributed by atoms with van der Waals surface area (Å²) < 4.78 is 29.6. The van der Waals surface area contributed by atoms with Crippen molar-refractivity contribution in [1.82, 2.24) is 9.88 Å². The lowest BCUT2D eigenvalue weighted by molar-refractivity contribution is -0.139. The molecule has 0 spiro atoms. The Bertz CT molecular complexity index is 494. The molecular weight excluding hydrogens is 252 g/mol. The van der Waals surface area contributed by atoms with Gasteiger partial charge < -0.3 is 14.7 Å². The average Bonchev–Trinajstić information content (AvgIpc) is 2.59. The summed E-state index contributed by atoms with van der Waals surface area (Å²) in [7, 11) is -3.89. The number of carboxylic acid groups (broad SMARTS) is 1. The lowest BCUT2D eigenvalue weighted by atomic mass is 10.3. The van der Waals surface area contributed by atoms with Crippen molar-refractivity contribution in [3.05, 3.63) is 17.5 Å². The van der Waals surface area contributed by atoms with E-state index in [0.29, 0.717) is 5.76 Å². The zero-order valence-electron chi connectivity index (χ0n) is 8.95. The van der Waals surface area contributed by atoms with Gasteiger partial charge in [-0.25, -0.2) is 8.42 Å². The zero-order valence-corrected chi connectivity index (χ0v) is 9.77. The molecule has 0 fully saturated rings. The first-order chi connectivity index (χ1) is 7.84. The summed E-state index contributed by atoms with van der Waals surface area (Å²) >= 11 is 0. The number of aliphatic hydroxyl groups is 1. The van der Waals surface area contributed by atoms with Crippen molar-refractivity contribution in [3.63, 3.8) is 0 Å². The number of aliphatic carboxylic acids is 1. The summed E-state index contributed by atoms with van der Waals surface area (Å²) in [5.41, 5.74) is 0.164. The highest BCUT2D eigenvalue weighted by molar-refractivity contribution is 7.88. The number of aromatic nitrogens is 1. The molecule has 0 aliphatic carbocycles. The highest BCUT2D eigenvalue weighted by atomic mass is 32.2. The molecule has 1 aromatic heterocycles. The Morgan fingerprint density at radius 3 is 2.71 bits per heavy atom. The van der Waals surface area contributed by atoms with E-state index < -0.39 is 34.4 Å². The number of nitrogens with one attached hydrogen (secondary N) is 1. The number of carboxylic acids is 1. The zero-order chi connectivity index (χ0) is 13.1. The largest absolute Gasteiger partial charge is 0.480 e. The van der Waals surface area contributed by atoms with Gasteiger partial charge in [0.25, 0.3) is 0 Å². The molecule has 0 amide bonds. The number of nitrogens with zero attached hydrogens (tertiary/aromatic N) is 1. The Hall–Kier alpha value is -1.45. The van der Waals surface area contributed by atoms with Crippen LogP contribution in [0.1, 0.15) is 11.5 Å². The SMILES string of the molecule is Cc1cc(CS(=O)(=O)NC(CO)C(=O)O)no1. The van der Waals surface area contributed by atoms with E-state index in [-0.39, 0.29) is 5.69 Å². The summed E-state index contributed by atoms with van der Waals surface area (Å²) in [6.07, 6.45) is 0. The molecule has 1 heterocycles. The lowest BCUT2D eigenvalue weighted by Gasteiger charge is -2.10. The minimum Gasteiger partial charge on any atom is -0.480 e. The van der Waals surface area contributed by atoms with Crippen LogP contribution in [0.3, 0.4) is 0 Å². The van der Waals surface area contributed by atoms with E-state index in [1.54, 1.807) is 6.92 Å². The maximum Gasteiger partial charge on any atom is 0.324 e. The number of carbonyl (C=O) groups is 1. The molecule has 17 heavy (non-hydrogen) atoms. The van der Waals surface area contributed by atoms with E-state index in [0.717, 1.165) is 0 Å². The monoisotopic (exact) mass is 264 g/mol. The molecule has 1 rings (SSSR count). The van der Waals surface area contributed by atoms with Gasteiger partial charge in [-0.2, -0.15) is 4.72 Å². The van der Waals surface area contributed by atoms with Gasteiger partial charge in [-0.05, 0) is 6.92 Å². The fraction of sp³-hybridized carbons (Fsp3) is 0.500. The van der Waals surface area contributed by atoms with Gasteiger partial charge in [0, 0.05) is 6.07 Å². The molecule has 1 aromatic rings. The van der Waals surface area contributed by atoms with E-state index in [1.165, 1.54) is 6.07 Å². The second kappa shape index (κ2) is 5.25. The molecule has 8 nitrogen and oxygen atoms in total. The molecular formula is C8H12N2O6S.